The summed E-state index contributed by atoms with van der Waals surface area (Å²) in [5.41, 5.74) is 0. The Morgan fingerprint density at radius 1 is 1.64 bits per heavy atom. The van der Waals surface area contributed by atoms with E-state index in [4.69, 9.17) is 5.26 Å². The summed E-state index contributed by atoms with van der Waals surface area (Å²) in [5, 5.41) is 11.7. The summed E-state index contributed by atoms with van der Waals surface area (Å²) in [6.07, 6.45) is 4.15. The molecule has 0 aliphatic rings. The number of nitriles is 1. The van der Waals surface area contributed by atoms with Crippen LogP contribution in [0.25, 0.3) is 0 Å². The number of hydrogen-bond donors (Lipinski definition) is 1. The molecule has 1 N–H and O–H groups in total. The van der Waals surface area contributed by atoms with Gasteiger partial charge in [-0.2, -0.15) is 17.0 Å². The smallest absolute Gasteiger partial charge is 0.0950 e. The third-order valence-corrected chi connectivity index (χ3v) is 2.18. The first-order chi connectivity index (χ1) is 5.35. The maximum atomic E-state index is 8.56. The van der Waals surface area contributed by atoms with Gasteiger partial charge in [-0.15, -0.1) is 0 Å². The molecule has 0 bridgehead atoms. The lowest BCUT2D eigenvalue weighted by atomic mass is 10.2. The lowest BCUT2D eigenvalue weighted by molar-refractivity contribution is 0.584. The number of rotatable bonds is 6. The van der Waals surface area contributed by atoms with Gasteiger partial charge in [0.05, 0.1) is 12.1 Å². The SMILES string of the molecule is CCC(C#N)NCCCSC. The Labute approximate surface area is 73.4 Å². The van der Waals surface area contributed by atoms with Gasteiger partial charge in [0.15, 0.2) is 0 Å². The van der Waals surface area contributed by atoms with E-state index in [0.29, 0.717) is 0 Å². The highest BCUT2D eigenvalue weighted by Crippen LogP contribution is 1.94. The Kier molecular flexibility index (Phi) is 7.76. The molecule has 64 valence electrons. The fourth-order valence-corrected chi connectivity index (χ4v) is 1.21. The van der Waals surface area contributed by atoms with Crippen molar-refractivity contribution in [1.29, 1.82) is 5.26 Å². The molecule has 0 saturated heterocycles. The summed E-state index contributed by atoms with van der Waals surface area (Å²) < 4.78 is 0. The molecule has 2 nitrogen and oxygen atoms in total. The minimum Gasteiger partial charge on any atom is -0.302 e. The fourth-order valence-electron chi connectivity index (χ4n) is 0.774. The predicted molar refractivity (Wildman–Crippen MR) is 50.7 cm³/mol. The summed E-state index contributed by atoms with van der Waals surface area (Å²) in [7, 11) is 0. The van der Waals surface area contributed by atoms with Gasteiger partial charge in [0.25, 0.3) is 0 Å². The molecule has 0 spiro atoms. The molecule has 11 heavy (non-hydrogen) atoms. The molecule has 0 radical (unpaired) electrons. The minimum atomic E-state index is 0.0526. The van der Waals surface area contributed by atoms with Gasteiger partial charge in [0.1, 0.15) is 0 Å². The average Bonchev–Trinajstić information content (AvgIpc) is 2.05. The van der Waals surface area contributed by atoms with E-state index in [9.17, 15) is 0 Å². The van der Waals surface area contributed by atoms with Crippen molar-refractivity contribution in [1.82, 2.24) is 5.32 Å². The molecule has 3 heteroatoms. The molecule has 0 amide bonds. The normalized spacial score (nSPS) is 12.5. The van der Waals surface area contributed by atoms with Gasteiger partial charge in [-0.05, 0) is 31.4 Å². The van der Waals surface area contributed by atoms with Gasteiger partial charge < -0.3 is 5.32 Å². The van der Waals surface area contributed by atoms with Gasteiger partial charge in [-0.3, -0.25) is 0 Å². The molecule has 0 aromatic carbocycles. The van der Waals surface area contributed by atoms with Crippen LogP contribution in [0.3, 0.4) is 0 Å². The van der Waals surface area contributed by atoms with E-state index in [1.807, 2.05) is 18.7 Å². The van der Waals surface area contributed by atoms with E-state index in [0.717, 1.165) is 19.4 Å². The van der Waals surface area contributed by atoms with Gasteiger partial charge in [-0.1, -0.05) is 6.92 Å². The maximum absolute atomic E-state index is 8.56. The Morgan fingerprint density at radius 3 is 2.82 bits per heavy atom. The molecule has 0 aliphatic carbocycles. The summed E-state index contributed by atoms with van der Waals surface area (Å²) in [4.78, 5) is 0. The van der Waals surface area contributed by atoms with Crippen molar-refractivity contribution in [2.24, 2.45) is 0 Å². The lowest BCUT2D eigenvalue weighted by Gasteiger charge is -2.07. The minimum absolute atomic E-state index is 0.0526. The van der Waals surface area contributed by atoms with Crippen LogP contribution >= 0.6 is 11.8 Å². The quantitative estimate of drug-likeness (QED) is 0.619. The van der Waals surface area contributed by atoms with E-state index in [1.165, 1.54) is 5.75 Å². The first-order valence-electron chi connectivity index (χ1n) is 3.97. The van der Waals surface area contributed by atoms with Crippen LogP contribution in [0.1, 0.15) is 19.8 Å². The molecule has 0 aromatic heterocycles. The topological polar surface area (TPSA) is 35.8 Å². The monoisotopic (exact) mass is 172 g/mol. The van der Waals surface area contributed by atoms with Crippen LogP contribution in [-0.4, -0.2) is 24.6 Å². The van der Waals surface area contributed by atoms with Crippen LogP contribution < -0.4 is 5.32 Å². The van der Waals surface area contributed by atoms with Gasteiger partial charge in [-0.25, -0.2) is 0 Å². The Balaban J connectivity index is 3.16. The second-order valence-electron chi connectivity index (χ2n) is 2.39. The predicted octanol–water partition coefficient (Wildman–Crippen LogP) is 1.63. The summed E-state index contributed by atoms with van der Waals surface area (Å²) in [6.45, 7) is 2.99. The zero-order chi connectivity index (χ0) is 8.53. The standard InChI is InChI=1S/C8H16N2S/c1-3-8(7-9)10-5-4-6-11-2/h8,10H,3-6H2,1-2H3. The second-order valence-corrected chi connectivity index (χ2v) is 3.38. The third kappa shape index (κ3) is 6.21. The van der Waals surface area contributed by atoms with E-state index in [2.05, 4.69) is 17.6 Å². The van der Waals surface area contributed by atoms with Crippen LogP contribution in [0.15, 0.2) is 0 Å². The highest BCUT2D eigenvalue weighted by Gasteiger charge is 2.00. The Hall–Kier alpha value is -0.200. The van der Waals surface area contributed by atoms with Crippen LogP contribution in [0.2, 0.25) is 0 Å². The molecule has 0 aliphatic heterocycles. The van der Waals surface area contributed by atoms with Crippen molar-refractivity contribution in [3.05, 3.63) is 0 Å². The van der Waals surface area contributed by atoms with E-state index in [1.54, 1.807) is 0 Å². The largest absolute Gasteiger partial charge is 0.302 e. The van der Waals surface area contributed by atoms with Crippen molar-refractivity contribution in [2.75, 3.05) is 18.6 Å². The molecule has 1 atom stereocenters. The van der Waals surface area contributed by atoms with Crippen LogP contribution in [0, 0.1) is 11.3 Å². The number of thioether (sulfide) groups is 1. The zero-order valence-corrected chi connectivity index (χ0v) is 8.08. The third-order valence-electron chi connectivity index (χ3n) is 1.48. The first kappa shape index (κ1) is 10.8. The molecule has 0 saturated carbocycles. The van der Waals surface area contributed by atoms with Gasteiger partial charge in [0.2, 0.25) is 0 Å². The second kappa shape index (κ2) is 7.90. The Bertz CT molecular complexity index is 120. The molecule has 0 aromatic rings. The van der Waals surface area contributed by atoms with Crippen molar-refractivity contribution >= 4 is 11.8 Å². The highest BCUT2D eigenvalue weighted by atomic mass is 32.2. The summed E-state index contributed by atoms with van der Waals surface area (Å²) in [5.74, 6) is 1.18. The van der Waals surface area contributed by atoms with Crippen molar-refractivity contribution in [3.8, 4) is 6.07 Å². The molecule has 0 rings (SSSR count). The maximum Gasteiger partial charge on any atom is 0.0950 e. The van der Waals surface area contributed by atoms with Crippen molar-refractivity contribution in [3.63, 3.8) is 0 Å². The Morgan fingerprint density at radius 2 is 2.36 bits per heavy atom. The average molecular weight is 172 g/mol. The van der Waals surface area contributed by atoms with E-state index in [-0.39, 0.29) is 6.04 Å². The number of nitrogens with zero attached hydrogens (tertiary/aromatic N) is 1. The summed E-state index contributed by atoms with van der Waals surface area (Å²) >= 11 is 1.85. The molecule has 0 fully saturated rings. The van der Waals surface area contributed by atoms with Crippen LogP contribution in [0.5, 0.6) is 0 Å². The van der Waals surface area contributed by atoms with Crippen LogP contribution in [0.4, 0.5) is 0 Å². The van der Waals surface area contributed by atoms with Crippen molar-refractivity contribution < 1.29 is 0 Å². The van der Waals surface area contributed by atoms with Crippen molar-refractivity contribution in [2.45, 2.75) is 25.8 Å². The first-order valence-corrected chi connectivity index (χ1v) is 5.36. The fraction of sp³-hybridized carbons (Fsp3) is 0.875. The zero-order valence-electron chi connectivity index (χ0n) is 7.26. The van der Waals surface area contributed by atoms with Gasteiger partial charge in [0, 0.05) is 0 Å². The molecular formula is C8H16N2S. The number of hydrogen-bond acceptors (Lipinski definition) is 3. The van der Waals surface area contributed by atoms with Crippen LogP contribution in [-0.2, 0) is 0 Å². The number of nitrogens with one attached hydrogen (secondary N) is 1. The van der Waals surface area contributed by atoms with Gasteiger partial charge >= 0.3 is 0 Å². The summed E-state index contributed by atoms with van der Waals surface area (Å²) in [6, 6.07) is 2.26. The highest BCUT2D eigenvalue weighted by molar-refractivity contribution is 7.98. The molecule has 0 heterocycles. The van der Waals surface area contributed by atoms with E-state index >= 15 is 0 Å². The van der Waals surface area contributed by atoms with E-state index < -0.39 is 0 Å². The molecule has 1 unspecified atom stereocenters. The molecular weight excluding hydrogens is 156 g/mol. The lowest BCUT2D eigenvalue weighted by Crippen LogP contribution is -2.27.